The highest BCUT2D eigenvalue weighted by molar-refractivity contribution is 4.77. The van der Waals surface area contributed by atoms with E-state index in [1.165, 1.54) is 0 Å². The number of rotatable bonds is 6. The molecular weight excluding hydrogens is 160 g/mol. The molecule has 0 rings (SSSR count). The SMILES string of the molecule is CCC(N)C(C)N(CC)CC(C)C. The molecule has 0 saturated carbocycles. The molecule has 2 N–H and O–H groups in total. The topological polar surface area (TPSA) is 29.3 Å². The molecule has 0 spiro atoms. The number of nitrogens with zero attached hydrogens (tertiary/aromatic N) is 1. The van der Waals surface area contributed by atoms with Crippen molar-refractivity contribution in [3.63, 3.8) is 0 Å². The molecular formula is C11H26N2. The maximum absolute atomic E-state index is 6.03. The Hall–Kier alpha value is -0.0800. The van der Waals surface area contributed by atoms with Gasteiger partial charge in [0.25, 0.3) is 0 Å². The lowest BCUT2D eigenvalue weighted by atomic mass is 10.1. The molecule has 80 valence electrons. The molecule has 0 amide bonds. The smallest absolute Gasteiger partial charge is 0.0218 e. The quantitative estimate of drug-likeness (QED) is 0.688. The minimum Gasteiger partial charge on any atom is -0.326 e. The molecule has 0 bridgehead atoms. The van der Waals surface area contributed by atoms with Crippen LogP contribution in [0.25, 0.3) is 0 Å². The third-order valence-corrected chi connectivity index (χ3v) is 2.67. The van der Waals surface area contributed by atoms with Crippen molar-refractivity contribution in [2.75, 3.05) is 13.1 Å². The van der Waals surface area contributed by atoms with Crippen molar-refractivity contribution < 1.29 is 0 Å². The fraction of sp³-hybridized carbons (Fsp3) is 1.00. The average molecular weight is 186 g/mol. The molecule has 2 atom stereocenters. The lowest BCUT2D eigenvalue weighted by Crippen LogP contribution is -2.46. The van der Waals surface area contributed by atoms with E-state index in [0.717, 1.165) is 25.4 Å². The van der Waals surface area contributed by atoms with Crippen LogP contribution in [0.5, 0.6) is 0 Å². The fourth-order valence-electron chi connectivity index (χ4n) is 1.66. The second-order valence-corrected chi connectivity index (χ2v) is 4.29. The summed E-state index contributed by atoms with van der Waals surface area (Å²) in [6.07, 6.45) is 1.07. The highest BCUT2D eigenvalue weighted by atomic mass is 15.2. The molecule has 0 aromatic rings. The lowest BCUT2D eigenvalue weighted by Gasteiger charge is -2.32. The zero-order valence-electron chi connectivity index (χ0n) is 9.88. The van der Waals surface area contributed by atoms with Gasteiger partial charge in [-0.2, -0.15) is 0 Å². The van der Waals surface area contributed by atoms with Crippen molar-refractivity contribution >= 4 is 0 Å². The van der Waals surface area contributed by atoms with E-state index in [1.807, 2.05) is 0 Å². The predicted octanol–water partition coefficient (Wildman–Crippen LogP) is 2.09. The maximum atomic E-state index is 6.03. The zero-order valence-corrected chi connectivity index (χ0v) is 9.88. The Kier molecular flexibility index (Phi) is 6.35. The van der Waals surface area contributed by atoms with Crippen molar-refractivity contribution in [1.82, 2.24) is 4.90 Å². The first-order chi connectivity index (χ1) is 6.02. The van der Waals surface area contributed by atoms with Crippen LogP contribution in [0.1, 0.15) is 41.0 Å². The molecule has 0 aromatic carbocycles. The summed E-state index contributed by atoms with van der Waals surface area (Å²) in [5, 5.41) is 0. The van der Waals surface area contributed by atoms with E-state index >= 15 is 0 Å². The van der Waals surface area contributed by atoms with Crippen molar-refractivity contribution in [1.29, 1.82) is 0 Å². The lowest BCUT2D eigenvalue weighted by molar-refractivity contribution is 0.171. The summed E-state index contributed by atoms with van der Waals surface area (Å²) in [4.78, 5) is 2.47. The van der Waals surface area contributed by atoms with Crippen LogP contribution in [0.15, 0.2) is 0 Å². The van der Waals surface area contributed by atoms with E-state index in [-0.39, 0.29) is 0 Å². The minimum absolute atomic E-state index is 0.318. The normalized spacial score (nSPS) is 16.6. The molecule has 2 unspecified atom stereocenters. The van der Waals surface area contributed by atoms with Gasteiger partial charge < -0.3 is 5.73 Å². The molecule has 0 aromatic heterocycles. The van der Waals surface area contributed by atoms with Gasteiger partial charge in [0, 0.05) is 18.6 Å². The van der Waals surface area contributed by atoms with Gasteiger partial charge >= 0.3 is 0 Å². The van der Waals surface area contributed by atoms with Crippen LogP contribution < -0.4 is 5.73 Å². The summed E-state index contributed by atoms with van der Waals surface area (Å²) in [6, 6.07) is 0.830. The van der Waals surface area contributed by atoms with E-state index in [1.54, 1.807) is 0 Å². The van der Waals surface area contributed by atoms with Gasteiger partial charge in [0.05, 0.1) is 0 Å². The van der Waals surface area contributed by atoms with Gasteiger partial charge in [-0.1, -0.05) is 27.7 Å². The predicted molar refractivity (Wildman–Crippen MR) is 59.8 cm³/mol. The molecule has 0 radical (unpaired) electrons. The molecule has 13 heavy (non-hydrogen) atoms. The van der Waals surface area contributed by atoms with E-state index in [0.29, 0.717) is 12.1 Å². The Labute approximate surface area is 83.5 Å². The molecule has 0 aliphatic carbocycles. The largest absolute Gasteiger partial charge is 0.326 e. The van der Waals surface area contributed by atoms with Gasteiger partial charge in [0.1, 0.15) is 0 Å². The standard InChI is InChI=1S/C11H26N2/c1-6-11(12)10(5)13(7-2)8-9(3)4/h9-11H,6-8,12H2,1-5H3. The summed E-state index contributed by atoms with van der Waals surface area (Å²) in [6.45, 7) is 13.4. The van der Waals surface area contributed by atoms with E-state index in [9.17, 15) is 0 Å². The van der Waals surface area contributed by atoms with Crippen LogP contribution in [-0.4, -0.2) is 30.1 Å². The van der Waals surface area contributed by atoms with E-state index in [2.05, 4.69) is 39.5 Å². The van der Waals surface area contributed by atoms with Crippen molar-refractivity contribution in [3.8, 4) is 0 Å². The minimum atomic E-state index is 0.318. The molecule has 0 fully saturated rings. The van der Waals surface area contributed by atoms with Crippen LogP contribution in [0.4, 0.5) is 0 Å². The van der Waals surface area contributed by atoms with Gasteiger partial charge in [-0.25, -0.2) is 0 Å². The first kappa shape index (κ1) is 12.9. The number of likely N-dealkylation sites (N-methyl/N-ethyl adjacent to an activating group) is 1. The second-order valence-electron chi connectivity index (χ2n) is 4.29. The Morgan fingerprint density at radius 2 is 1.69 bits per heavy atom. The van der Waals surface area contributed by atoms with Gasteiger partial charge in [-0.3, -0.25) is 4.90 Å². The van der Waals surface area contributed by atoms with Crippen molar-refractivity contribution in [2.24, 2.45) is 11.7 Å². The van der Waals surface area contributed by atoms with E-state index < -0.39 is 0 Å². The summed E-state index contributed by atoms with van der Waals surface area (Å²) in [5.74, 6) is 0.728. The van der Waals surface area contributed by atoms with E-state index in [4.69, 9.17) is 5.73 Å². The first-order valence-corrected chi connectivity index (χ1v) is 5.52. The third kappa shape index (κ3) is 4.63. The zero-order chi connectivity index (χ0) is 10.4. The van der Waals surface area contributed by atoms with Gasteiger partial charge in [0.2, 0.25) is 0 Å². The summed E-state index contributed by atoms with van der Waals surface area (Å²) < 4.78 is 0. The van der Waals surface area contributed by atoms with Crippen molar-refractivity contribution in [2.45, 2.75) is 53.1 Å². The van der Waals surface area contributed by atoms with Crippen LogP contribution in [-0.2, 0) is 0 Å². The average Bonchev–Trinajstić information content (AvgIpc) is 2.11. The van der Waals surface area contributed by atoms with Gasteiger partial charge in [-0.15, -0.1) is 0 Å². The van der Waals surface area contributed by atoms with Crippen LogP contribution in [0.2, 0.25) is 0 Å². The Morgan fingerprint density at radius 1 is 1.15 bits per heavy atom. The summed E-state index contributed by atoms with van der Waals surface area (Å²) in [7, 11) is 0. The number of nitrogens with two attached hydrogens (primary N) is 1. The maximum Gasteiger partial charge on any atom is 0.0218 e. The Balaban J connectivity index is 4.05. The summed E-state index contributed by atoms with van der Waals surface area (Å²) in [5.41, 5.74) is 6.03. The molecule has 0 aliphatic heterocycles. The van der Waals surface area contributed by atoms with Crippen LogP contribution >= 0.6 is 0 Å². The van der Waals surface area contributed by atoms with Crippen LogP contribution in [0, 0.1) is 5.92 Å². The van der Waals surface area contributed by atoms with Gasteiger partial charge in [0.15, 0.2) is 0 Å². The second kappa shape index (κ2) is 6.39. The molecule has 2 nitrogen and oxygen atoms in total. The number of hydrogen-bond acceptors (Lipinski definition) is 2. The fourth-order valence-corrected chi connectivity index (χ4v) is 1.66. The first-order valence-electron chi connectivity index (χ1n) is 5.52. The third-order valence-electron chi connectivity index (χ3n) is 2.67. The molecule has 0 aliphatic rings. The number of hydrogen-bond donors (Lipinski definition) is 1. The van der Waals surface area contributed by atoms with Crippen LogP contribution in [0.3, 0.4) is 0 Å². The Bertz CT molecular complexity index is 123. The highest BCUT2D eigenvalue weighted by Crippen LogP contribution is 2.08. The molecule has 0 saturated heterocycles. The summed E-state index contributed by atoms with van der Waals surface area (Å²) >= 11 is 0. The monoisotopic (exact) mass is 186 g/mol. The molecule has 2 heteroatoms. The molecule has 0 heterocycles. The highest BCUT2D eigenvalue weighted by Gasteiger charge is 2.18. The Morgan fingerprint density at radius 3 is 2.00 bits per heavy atom. The van der Waals surface area contributed by atoms with Crippen molar-refractivity contribution in [3.05, 3.63) is 0 Å². The van der Waals surface area contributed by atoms with Gasteiger partial charge in [-0.05, 0) is 25.8 Å².